The van der Waals surface area contributed by atoms with E-state index in [0.717, 1.165) is 11.1 Å². The summed E-state index contributed by atoms with van der Waals surface area (Å²) in [5, 5.41) is 31.0. The number of phenols is 1. The van der Waals surface area contributed by atoms with Gasteiger partial charge in [0.15, 0.2) is 0 Å². The summed E-state index contributed by atoms with van der Waals surface area (Å²) in [5.41, 5.74) is 1.70. The van der Waals surface area contributed by atoms with Crippen LogP contribution in [0.25, 0.3) is 0 Å². The second-order valence-corrected chi connectivity index (χ2v) is 13.5. The highest BCUT2D eigenvalue weighted by Gasteiger charge is 2.41. The van der Waals surface area contributed by atoms with Crippen LogP contribution in [0.3, 0.4) is 0 Å². The maximum atomic E-state index is 13.5. The number of aliphatic carboxylic acids is 1. The normalized spacial score (nSPS) is 27.1. The molecule has 0 saturated carbocycles. The molecule has 2 aliphatic heterocycles. The molecule has 6 N–H and O–H groups in total. The molecule has 0 radical (unpaired) electrons. The fourth-order valence-corrected chi connectivity index (χ4v) is 7.72. The lowest BCUT2D eigenvalue weighted by Gasteiger charge is -2.31. The van der Waals surface area contributed by atoms with Crippen molar-refractivity contribution in [2.75, 3.05) is 12.3 Å². The SMILES string of the molecule is CC1(C)SSC[C@@H](NC(=O)[C@@H]2NCC[C@@H]2c2ccc(O)cc2)C(=O)N[C@@H](Cc2ccccc2)C(=O)N[C@@H]1C(=O)O. The van der Waals surface area contributed by atoms with E-state index in [1.54, 1.807) is 38.1 Å². The number of nitrogens with one attached hydrogen (secondary N) is 4. The zero-order chi connectivity index (χ0) is 28.9. The highest BCUT2D eigenvalue weighted by atomic mass is 33.1. The Labute approximate surface area is 240 Å². The number of carboxylic acid groups (broad SMARTS) is 1. The van der Waals surface area contributed by atoms with Crippen molar-refractivity contribution in [3.63, 3.8) is 0 Å². The Kier molecular flexibility index (Phi) is 9.64. The predicted molar refractivity (Wildman–Crippen MR) is 155 cm³/mol. The lowest BCUT2D eigenvalue weighted by Crippen LogP contribution is -2.59. The van der Waals surface area contributed by atoms with Gasteiger partial charge in [0.25, 0.3) is 0 Å². The number of amides is 3. The molecule has 0 aliphatic carbocycles. The van der Waals surface area contributed by atoms with Crippen LogP contribution >= 0.6 is 21.6 Å². The molecule has 40 heavy (non-hydrogen) atoms. The summed E-state index contributed by atoms with van der Waals surface area (Å²) in [6, 6.07) is 12.1. The average molecular weight is 587 g/mol. The van der Waals surface area contributed by atoms with Crippen molar-refractivity contribution in [3.05, 3.63) is 65.7 Å². The number of carboxylic acids is 1. The first-order chi connectivity index (χ1) is 19.0. The third kappa shape index (κ3) is 7.29. The van der Waals surface area contributed by atoms with Crippen LogP contribution in [0, 0.1) is 0 Å². The van der Waals surface area contributed by atoms with Gasteiger partial charge >= 0.3 is 5.97 Å². The Morgan fingerprint density at radius 1 is 1.02 bits per heavy atom. The van der Waals surface area contributed by atoms with Crippen LogP contribution in [0.15, 0.2) is 54.6 Å². The molecular formula is C28H34N4O6S2. The van der Waals surface area contributed by atoms with Crippen molar-refractivity contribution in [2.24, 2.45) is 0 Å². The summed E-state index contributed by atoms with van der Waals surface area (Å²) in [4.78, 5) is 52.4. The van der Waals surface area contributed by atoms with E-state index in [-0.39, 0.29) is 29.7 Å². The van der Waals surface area contributed by atoms with Crippen molar-refractivity contribution in [1.82, 2.24) is 21.3 Å². The van der Waals surface area contributed by atoms with E-state index in [4.69, 9.17) is 0 Å². The average Bonchev–Trinajstić information content (AvgIpc) is 3.40. The van der Waals surface area contributed by atoms with Gasteiger partial charge in [-0.2, -0.15) is 0 Å². The maximum absolute atomic E-state index is 13.5. The highest BCUT2D eigenvalue weighted by Crippen LogP contribution is 2.39. The van der Waals surface area contributed by atoms with Crippen LogP contribution in [-0.4, -0.2) is 75.1 Å². The lowest BCUT2D eigenvalue weighted by atomic mass is 9.91. The van der Waals surface area contributed by atoms with Gasteiger partial charge in [-0.3, -0.25) is 14.4 Å². The van der Waals surface area contributed by atoms with Crippen molar-refractivity contribution in [1.29, 1.82) is 0 Å². The van der Waals surface area contributed by atoms with Crippen molar-refractivity contribution >= 4 is 45.3 Å². The summed E-state index contributed by atoms with van der Waals surface area (Å²) in [5.74, 6) is -2.48. The molecule has 4 rings (SSSR count). The Balaban J connectivity index is 1.56. The molecule has 0 unspecified atom stereocenters. The van der Waals surface area contributed by atoms with E-state index in [1.807, 2.05) is 30.3 Å². The second kappa shape index (κ2) is 13.0. The molecule has 2 aromatic carbocycles. The first-order valence-corrected chi connectivity index (χ1v) is 15.4. The maximum Gasteiger partial charge on any atom is 0.327 e. The van der Waals surface area contributed by atoms with Crippen molar-refractivity contribution < 1.29 is 29.4 Å². The minimum absolute atomic E-state index is 0.139. The van der Waals surface area contributed by atoms with Crippen LogP contribution < -0.4 is 21.3 Å². The third-order valence-electron chi connectivity index (χ3n) is 7.11. The quantitative estimate of drug-likeness (QED) is 0.278. The molecule has 5 atom stereocenters. The minimum atomic E-state index is -1.20. The molecule has 2 heterocycles. The first-order valence-electron chi connectivity index (χ1n) is 13.1. The number of benzene rings is 2. The molecule has 3 amide bonds. The summed E-state index contributed by atoms with van der Waals surface area (Å²) in [6.07, 6.45) is 0.869. The summed E-state index contributed by atoms with van der Waals surface area (Å²) in [6.45, 7) is 4.07. The van der Waals surface area contributed by atoms with E-state index in [1.165, 1.54) is 21.6 Å². The van der Waals surface area contributed by atoms with E-state index in [9.17, 15) is 29.4 Å². The Morgan fingerprint density at radius 2 is 1.73 bits per heavy atom. The van der Waals surface area contributed by atoms with Gasteiger partial charge in [0.2, 0.25) is 17.7 Å². The zero-order valence-corrected chi connectivity index (χ0v) is 23.9. The number of carbonyl (C=O) groups excluding carboxylic acids is 3. The van der Waals surface area contributed by atoms with Gasteiger partial charge in [-0.15, -0.1) is 0 Å². The summed E-state index contributed by atoms with van der Waals surface area (Å²) >= 11 is 0. The molecule has 0 spiro atoms. The zero-order valence-electron chi connectivity index (χ0n) is 22.3. The molecule has 214 valence electrons. The van der Waals surface area contributed by atoms with Crippen LogP contribution in [0.5, 0.6) is 5.75 Å². The molecule has 0 aromatic heterocycles. The van der Waals surface area contributed by atoms with Gasteiger partial charge in [-0.05, 0) is 50.1 Å². The standard InChI is InChI=1S/C28H34N4O6S2/c1-28(2)23(27(37)38)32-24(34)20(14-16-6-4-3-5-7-16)30-25(35)21(15-39-40-28)31-26(36)22-19(12-13-29-22)17-8-10-18(33)11-9-17/h3-11,19-23,29,33H,12-15H2,1-2H3,(H,30,35)(H,31,36)(H,32,34)(H,37,38)/t19-,20+,21-,22-,23-/m1/s1. The fourth-order valence-electron chi connectivity index (χ4n) is 4.91. The van der Waals surface area contributed by atoms with Crippen LogP contribution in [0.2, 0.25) is 0 Å². The van der Waals surface area contributed by atoms with Gasteiger partial charge in [-0.1, -0.05) is 64.1 Å². The van der Waals surface area contributed by atoms with Crippen molar-refractivity contribution in [3.8, 4) is 5.75 Å². The molecule has 0 bridgehead atoms. The predicted octanol–water partition coefficient (Wildman–Crippen LogP) is 1.79. The summed E-state index contributed by atoms with van der Waals surface area (Å²) < 4.78 is -0.914. The molecule has 2 aliphatic rings. The molecule has 12 heteroatoms. The van der Waals surface area contributed by atoms with E-state index in [2.05, 4.69) is 21.3 Å². The monoisotopic (exact) mass is 586 g/mol. The van der Waals surface area contributed by atoms with Crippen LogP contribution in [0.4, 0.5) is 0 Å². The number of hydrogen-bond acceptors (Lipinski definition) is 8. The molecule has 2 fully saturated rings. The lowest BCUT2D eigenvalue weighted by molar-refractivity contribution is -0.143. The first kappa shape index (κ1) is 29.8. The molecular weight excluding hydrogens is 552 g/mol. The largest absolute Gasteiger partial charge is 0.508 e. The third-order valence-corrected chi connectivity index (χ3v) is 10.4. The van der Waals surface area contributed by atoms with Crippen LogP contribution in [0.1, 0.15) is 37.3 Å². The molecule has 2 aromatic rings. The second-order valence-electron chi connectivity index (χ2n) is 10.5. The van der Waals surface area contributed by atoms with E-state index >= 15 is 0 Å². The number of rotatable bonds is 6. The number of hydrogen-bond donors (Lipinski definition) is 6. The number of phenolic OH excluding ortho intramolecular Hbond substituents is 1. The number of aromatic hydroxyl groups is 1. The molecule has 10 nitrogen and oxygen atoms in total. The van der Waals surface area contributed by atoms with Gasteiger partial charge in [-0.25, -0.2) is 4.79 Å². The van der Waals surface area contributed by atoms with Gasteiger partial charge in [0, 0.05) is 18.1 Å². The fraction of sp³-hybridized carbons (Fsp3) is 0.429. The van der Waals surface area contributed by atoms with Crippen LogP contribution in [-0.2, 0) is 25.6 Å². The topological polar surface area (TPSA) is 157 Å². The minimum Gasteiger partial charge on any atom is -0.508 e. The Bertz CT molecular complexity index is 1230. The van der Waals surface area contributed by atoms with Gasteiger partial charge < -0.3 is 31.5 Å². The number of carbonyl (C=O) groups is 4. The Morgan fingerprint density at radius 3 is 2.40 bits per heavy atom. The highest BCUT2D eigenvalue weighted by molar-refractivity contribution is 8.77. The van der Waals surface area contributed by atoms with Gasteiger partial charge in [0.05, 0.1) is 10.8 Å². The summed E-state index contributed by atoms with van der Waals surface area (Å²) in [7, 11) is 2.51. The van der Waals surface area contributed by atoms with Gasteiger partial charge in [0.1, 0.15) is 23.9 Å². The smallest absolute Gasteiger partial charge is 0.327 e. The van der Waals surface area contributed by atoms with Crippen molar-refractivity contribution in [2.45, 2.75) is 61.5 Å². The van der Waals surface area contributed by atoms with E-state index in [0.29, 0.717) is 13.0 Å². The van der Waals surface area contributed by atoms with E-state index < -0.39 is 46.7 Å². The Hall–Kier alpha value is -3.22. The molecule has 2 saturated heterocycles.